The summed E-state index contributed by atoms with van der Waals surface area (Å²) in [6.45, 7) is 1.97. The maximum absolute atomic E-state index is 11.6. The maximum atomic E-state index is 11.6. The van der Waals surface area contributed by atoms with Gasteiger partial charge in [0.1, 0.15) is 16.2 Å². The Morgan fingerprint density at radius 2 is 1.83 bits per heavy atom. The number of hydrogen-bond acceptors (Lipinski definition) is 9. The summed E-state index contributed by atoms with van der Waals surface area (Å²) in [6, 6.07) is 6.68. The number of aliphatic carboxylic acids is 1. The van der Waals surface area contributed by atoms with E-state index in [1.54, 1.807) is 30.6 Å². The molecule has 3 N–H and O–H groups in total. The molecule has 10 heteroatoms. The molecular weight excluding hydrogens is 434 g/mol. The predicted molar refractivity (Wildman–Crippen MR) is 120 cm³/mol. The molecule has 0 aliphatic heterocycles. The molecule has 0 bridgehead atoms. The van der Waals surface area contributed by atoms with Crippen LogP contribution in [0.2, 0.25) is 0 Å². The number of carboxylic acid groups (broad SMARTS) is 1. The smallest absolute Gasteiger partial charge is 0.320 e. The molecule has 1 aromatic carbocycles. The lowest BCUT2D eigenvalue weighted by atomic mass is 10.1. The van der Waals surface area contributed by atoms with Crippen LogP contribution in [0.15, 0.2) is 24.3 Å². The van der Waals surface area contributed by atoms with Crippen LogP contribution >= 0.6 is 35.7 Å². The van der Waals surface area contributed by atoms with Gasteiger partial charge in [-0.05, 0) is 17.5 Å². The van der Waals surface area contributed by atoms with Gasteiger partial charge in [-0.1, -0.05) is 36.5 Å². The number of ether oxygens (including phenoxy) is 3. The molecule has 0 fully saturated rings. The van der Waals surface area contributed by atoms with Crippen LogP contribution in [0, 0.1) is 0 Å². The zero-order chi connectivity index (χ0) is 21.5. The van der Waals surface area contributed by atoms with Gasteiger partial charge < -0.3 is 25.1 Å². The van der Waals surface area contributed by atoms with Crippen LogP contribution in [0.1, 0.15) is 24.0 Å². The van der Waals surface area contributed by atoms with E-state index in [4.69, 9.17) is 37.3 Å². The first-order valence-corrected chi connectivity index (χ1v) is 11.4. The monoisotopic (exact) mass is 461 g/mol. The first-order chi connectivity index (χ1) is 13.9. The van der Waals surface area contributed by atoms with E-state index in [2.05, 4.69) is 0 Å². The Morgan fingerprint density at radius 1 is 1.14 bits per heavy atom. The minimum Gasteiger partial charge on any atom is -0.480 e. The Hall–Kier alpha value is -1.17. The highest BCUT2D eigenvalue weighted by Crippen LogP contribution is 2.22. The van der Waals surface area contributed by atoms with Crippen LogP contribution in [0.5, 0.6) is 0 Å². The molecule has 1 rings (SSSR count). The number of rotatable bonds is 14. The van der Waals surface area contributed by atoms with Crippen molar-refractivity contribution in [2.75, 3.05) is 32.7 Å². The molecule has 0 unspecified atom stereocenters. The average molecular weight is 462 g/mol. The molecule has 0 aromatic heterocycles. The van der Waals surface area contributed by atoms with Crippen LogP contribution in [-0.4, -0.2) is 59.3 Å². The number of thioether (sulfide) groups is 2. The largest absolute Gasteiger partial charge is 0.480 e. The van der Waals surface area contributed by atoms with Gasteiger partial charge in [-0.2, -0.15) is 0 Å². The fourth-order valence-corrected chi connectivity index (χ4v) is 4.01. The third-order valence-corrected chi connectivity index (χ3v) is 6.37. The molecule has 0 radical (unpaired) electrons. The molecule has 0 saturated heterocycles. The SMILES string of the molecule is COCCOCCSC(=S)SCc1ccc(COC(=O)CC[C@H](N)C(=O)O)cc1. The van der Waals surface area contributed by atoms with Gasteiger partial charge in [-0.15, -0.1) is 23.5 Å². The Bertz CT molecular complexity index is 641. The molecule has 0 saturated carbocycles. The number of carbonyl (C=O) groups is 2. The van der Waals surface area contributed by atoms with Crippen molar-refractivity contribution in [3.05, 3.63) is 35.4 Å². The molecule has 0 amide bonds. The summed E-state index contributed by atoms with van der Waals surface area (Å²) in [5.74, 6) is -0.00441. The van der Waals surface area contributed by atoms with Crippen molar-refractivity contribution >= 4 is 51.2 Å². The van der Waals surface area contributed by atoms with Crippen molar-refractivity contribution in [2.24, 2.45) is 5.73 Å². The molecule has 29 heavy (non-hydrogen) atoms. The van der Waals surface area contributed by atoms with E-state index in [1.165, 1.54) is 0 Å². The van der Waals surface area contributed by atoms with E-state index in [-0.39, 0.29) is 19.4 Å². The van der Waals surface area contributed by atoms with Crippen molar-refractivity contribution in [3.8, 4) is 0 Å². The maximum Gasteiger partial charge on any atom is 0.320 e. The molecule has 7 nitrogen and oxygen atoms in total. The number of carbonyl (C=O) groups excluding carboxylic acids is 1. The number of thiocarbonyl (C=S) groups is 1. The average Bonchev–Trinajstić information content (AvgIpc) is 2.72. The van der Waals surface area contributed by atoms with Crippen molar-refractivity contribution in [1.82, 2.24) is 0 Å². The Kier molecular flexibility index (Phi) is 14.0. The number of esters is 1. The molecule has 0 aliphatic rings. The van der Waals surface area contributed by atoms with Gasteiger partial charge in [0.25, 0.3) is 0 Å². The van der Waals surface area contributed by atoms with Crippen molar-refractivity contribution < 1.29 is 28.9 Å². The summed E-state index contributed by atoms with van der Waals surface area (Å²) in [5.41, 5.74) is 7.34. The van der Waals surface area contributed by atoms with Gasteiger partial charge in [0, 0.05) is 25.0 Å². The topological polar surface area (TPSA) is 108 Å². The Morgan fingerprint density at radius 3 is 2.48 bits per heavy atom. The van der Waals surface area contributed by atoms with Gasteiger partial charge in [-0.3, -0.25) is 9.59 Å². The first-order valence-electron chi connectivity index (χ1n) is 9.00. The standard InChI is InChI=1S/C19H27NO6S3/c1-24-8-9-25-10-11-28-19(27)29-13-15-4-2-14(3-5-15)12-26-17(21)7-6-16(20)18(22)23/h2-5,16H,6-13,20H2,1H3,(H,22,23)/t16-/m0/s1. The third-order valence-electron chi connectivity index (χ3n) is 3.64. The summed E-state index contributed by atoms with van der Waals surface area (Å²) >= 11 is 8.56. The third kappa shape index (κ3) is 12.9. The van der Waals surface area contributed by atoms with E-state index in [0.717, 1.165) is 26.2 Å². The first kappa shape index (κ1) is 25.9. The van der Waals surface area contributed by atoms with Crippen LogP contribution in [0.3, 0.4) is 0 Å². The summed E-state index contributed by atoms with van der Waals surface area (Å²) in [6.07, 6.45) is 0.0380. The van der Waals surface area contributed by atoms with E-state index in [0.29, 0.717) is 19.8 Å². The highest BCUT2D eigenvalue weighted by atomic mass is 32.2. The number of hydrogen-bond donors (Lipinski definition) is 2. The molecule has 0 heterocycles. The number of methoxy groups -OCH3 is 1. The van der Waals surface area contributed by atoms with Crippen LogP contribution in [0.4, 0.5) is 0 Å². The van der Waals surface area contributed by atoms with Gasteiger partial charge in [0.05, 0.1) is 19.8 Å². The summed E-state index contributed by atoms with van der Waals surface area (Å²) in [5, 5.41) is 8.69. The second-order valence-corrected chi connectivity index (χ2v) is 9.23. The zero-order valence-corrected chi connectivity index (χ0v) is 18.8. The van der Waals surface area contributed by atoms with Crippen LogP contribution < -0.4 is 5.73 Å². The fraction of sp³-hybridized carbons (Fsp3) is 0.526. The number of nitrogens with two attached hydrogens (primary N) is 1. The van der Waals surface area contributed by atoms with Crippen molar-refractivity contribution in [3.63, 3.8) is 0 Å². The van der Waals surface area contributed by atoms with Crippen LogP contribution in [0.25, 0.3) is 0 Å². The molecule has 0 spiro atoms. The minimum absolute atomic E-state index is 0.0191. The van der Waals surface area contributed by atoms with E-state index in [1.807, 2.05) is 24.3 Å². The van der Waals surface area contributed by atoms with Gasteiger partial charge in [-0.25, -0.2) is 0 Å². The molecule has 1 aromatic rings. The Balaban J connectivity index is 2.20. The van der Waals surface area contributed by atoms with E-state index in [9.17, 15) is 9.59 Å². The van der Waals surface area contributed by atoms with Crippen LogP contribution in [-0.2, 0) is 36.2 Å². The summed E-state index contributed by atoms with van der Waals surface area (Å²) in [7, 11) is 1.64. The molecule has 1 atom stereocenters. The molecule has 0 aliphatic carbocycles. The van der Waals surface area contributed by atoms with Gasteiger partial charge >= 0.3 is 11.9 Å². The zero-order valence-electron chi connectivity index (χ0n) is 16.3. The fourth-order valence-electron chi connectivity index (χ4n) is 1.98. The number of benzene rings is 1. The molecule has 162 valence electrons. The lowest BCUT2D eigenvalue weighted by Gasteiger charge is -2.08. The van der Waals surface area contributed by atoms with Crippen molar-refractivity contribution in [1.29, 1.82) is 0 Å². The lowest BCUT2D eigenvalue weighted by molar-refractivity contribution is -0.145. The minimum atomic E-state index is -1.13. The van der Waals surface area contributed by atoms with E-state index >= 15 is 0 Å². The van der Waals surface area contributed by atoms with E-state index < -0.39 is 18.0 Å². The second kappa shape index (κ2) is 15.6. The quantitative estimate of drug-likeness (QED) is 0.244. The number of carboxylic acids is 1. The molecular formula is C19H27NO6S3. The van der Waals surface area contributed by atoms with Crippen molar-refractivity contribution in [2.45, 2.75) is 31.2 Å². The highest BCUT2D eigenvalue weighted by molar-refractivity contribution is 8.46. The Labute approximate surface area is 185 Å². The lowest BCUT2D eigenvalue weighted by Crippen LogP contribution is -2.30. The van der Waals surface area contributed by atoms with Gasteiger partial charge in [0.15, 0.2) is 0 Å². The summed E-state index contributed by atoms with van der Waals surface area (Å²) < 4.78 is 16.3. The predicted octanol–water partition coefficient (Wildman–Crippen LogP) is 2.84. The normalized spacial score (nSPS) is 11.8. The highest BCUT2D eigenvalue weighted by Gasteiger charge is 2.14. The summed E-state index contributed by atoms with van der Waals surface area (Å²) in [4.78, 5) is 22.3. The van der Waals surface area contributed by atoms with Gasteiger partial charge in [0.2, 0.25) is 0 Å². The second-order valence-electron chi connectivity index (χ2n) is 5.95.